The van der Waals surface area contributed by atoms with Gasteiger partial charge in [-0.3, -0.25) is 9.69 Å². The van der Waals surface area contributed by atoms with E-state index >= 15 is 0 Å². The summed E-state index contributed by atoms with van der Waals surface area (Å²) in [7, 11) is 0. The predicted molar refractivity (Wildman–Crippen MR) is 105 cm³/mol. The highest BCUT2D eigenvalue weighted by Gasteiger charge is 2.20. The lowest BCUT2D eigenvalue weighted by atomic mass is 10.0. The highest BCUT2D eigenvalue weighted by molar-refractivity contribution is 5.92. The molecule has 2 aromatic carbocycles. The highest BCUT2D eigenvalue weighted by Crippen LogP contribution is 2.21. The van der Waals surface area contributed by atoms with Crippen molar-refractivity contribution in [3.8, 4) is 5.75 Å². The van der Waals surface area contributed by atoms with Crippen LogP contribution in [0, 0.1) is 0 Å². The average molecular weight is 386 g/mol. The molecule has 3 rings (SSSR count). The van der Waals surface area contributed by atoms with Crippen LogP contribution >= 0.6 is 0 Å². The van der Waals surface area contributed by atoms with Crippen LogP contribution in [0.1, 0.15) is 24.0 Å². The summed E-state index contributed by atoms with van der Waals surface area (Å²) >= 11 is 0. The molecule has 1 fully saturated rings. The molecule has 0 saturated carbocycles. The number of hydrogen-bond donors (Lipinski definition) is 1. The summed E-state index contributed by atoms with van der Waals surface area (Å²) in [6, 6.07) is 16.8. The molecule has 1 aliphatic rings. The molecule has 1 saturated heterocycles. The minimum absolute atomic E-state index is 0.0516. The highest BCUT2D eigenvalue weighted by atomic mass is 19.3. The van der Waals surface area contributed by atoms with Gasteiger partial charge >= 0.3 is 6.61 Å². The molecule has 1 aliphatic heterocycles. The number of carbonyl (C=O) groups is 1. The number of halogens is 2. The lowest BCUT2D eigenvalue weighted by molar-refractivity contribution is -0.117. The summed E-state index contributed by atoms with van der Waals surface area (Å²) in [5.74, 6) is -0.177. The molecule has 1 heterocycles. The Bertz CT molecular complexity index is 788. The van der Waals surface area contributed by atoms with E-state index in [1.807, 2.05) is 18.2 Å². The van der Waals surface area contributed by atoms with Crippen LogP contribution in [-0.2, 0) is 11.3 Å². The topological polar surface area (TPSA) is 41.6 Å². The van der Waals surface area contributed by atoms with E-state index in [2.05, 4.69) is 27.1 Å². The fraction of sp³-hybridized carbons (Fsp3) is 0.318. The van der Waals surface area contributed by atoms with E-state index in [0.717, 1.165) is 32.5 Å². The Morgan fingerprint density at radius 1 is 1.11 bits per heavy atom. The van der Waals surface area contributed by atoms with Crippen molar-refractivity contribution in [3.05, 3.63) is 71.8 Å². The van der Waals surface area contributed by atoms with Gasteiger partial charge in [0.1, 0.15) is 5.75 Å². The van der Waals surface area contributed by atoms with Crippen molar-refractivity contribution >= 4 is 12.0 Å². The van der Waals surface area contributed by atoms with Gasteiger partial charge in [0, 0.05) is 37.3 Å². The Labute approximate surface area is 163 Å². The zero-order valence-electron chi connectivity index (χ0n) is 15.6. The lowest BCUT2D eigenvalue weighted by Gasteiger charge is -2.32. The summed E-state index contributed by atoms with van der Waals surface area (Å²) in [6.45, 7) is -0.129. The Hall–Kier alpha value is -2.73. The van der Waals surface area contributed by atoms with Crippen LogP contribution in [0.4, 0.5) is 8.78 Å². The van der Waals surface area contributed by atoms with Gasteiger partial charge in [-0.2, -0.15) is 8.78 Å². The molecule has 0 aromatic heterocycles. The Morgan fingerprint density at radius 3 is 2.50 bits per heavy atom. The minimum Gasteiger partial charge on any atom is -0.434 e. The average Bonchev–Trinajstić information content (AvgIpc) is 2.69. The van der Waals surface area contributed by atoms with Crippen molar-refractivity contribution in [1.29, 1.82) is 0 Å². The van der Waals surface area contributed by atoms with Crippen LogP contribution in [-0.4, -0.2) is 36.5 Å². The van der Waals surface area contributed by atoms with Crippen molar-refractivity contribution in [3.63, 3.8) is 0 Å². The number of benzene rings is 2. The lowest BCUT2D eigenvalue weighted by Crippen LogP contribution is -2.43. The number of likely N-dealkylation sites (tertiary alicyclic amines) is 1. The van der Waals surface area contributed by atoms with Crippen molar-refractivity contribution in [2.24, 2.45) is 0 Å². The number of alkyl halides is 2. The molecule has 1 amide bonds. The molecule has 6 heteroatoms. The van der Waals surface area contributed by atoms with Gasteiger partial charge in [0.2, 0.25) is 5.91 Å². The summed E-state index contributed by atoms with van der Waals surface area (Å²) in [5, 5.41) is 2.99. The van der Waals surface area contributed by atoms with E-state index in [4.69, 9.17) is 0 Å². The molecule has 0 aliphatic carbocycles. The number of hydrogen-bond acceptors (Lipinski definition) is 3. The summed E-state index contributed by atoms with van der Waals surface area (Å²) in [4.78, 5) is 14.6. The Balaban J connectivity index is 1.46. The second-order valence-electron chi connectivity index (χ2n) is 6.79. The fourth-order valence-corrected chi connectivity index (χ4v) is 3.31. The molecule has 0 unspecified atom stereocenters. The molecule has 0 spiro atoms. The van der Waals surface area contributed by atoms with E-state index < -0.39 is 6.61 Å². The van der Waals surface area contributed by atoms with Crippen LogP contribution in [0.5, 0.6) is 5.75 Å². The van der Waals surface area contributed by atoms with Crippen LogP contribution in [0.25, 0.3) is 6.08 Å². The van der Waals surface area contributed by atoms with Crippen molar-refractivity contribution in [1.82, 2.24) is 10.2 Å². The van der Waals surface area contributed by atoms with Gasteiger partial charge in [0.15, 0.2) is 0 Å². The predicted octanol–water partition coefficient (Wildman–Crippen LogP) is 4.08. The number of para-hydroxylation sites is 1. The molecule has 0 radical (unpaired) electrons. The second-order valence-corrected chi connectivity index (χ2v) is 6.79. The van der Waals surface area contributed by atoms with Gasteiger partial charge in [-0.1, -0.05) is 48.5 Å². The van der Waals surface area contributed by atoms with Gasteiger partial charge in [0.05, 0.1) is 0 Å². The van der Waals surface area contributed by atoms with Crippen LogP contribution in [0.15, 0.2) is 60.7 Å². The van der Waals surface area contributed by atoms with Gasteiger partial charge in [0.25, 0.3) is 0 Å². The number of rotatable bonds is 7. The quantitative estimate of drug-likeness (QED) is 0.729. The number of carbonyl (C=O) groups excluding carboxylic acids is 1. The maximum Gasteiger partial charge on any atom is 0.387 e. The molecular formula is C22H24F2N2O2. The molecular weight excluding hydrogens is 362 g/mol. The standard InChI is InChI=1S/C22H24F2N2O2/c23-22(24)28-20-9-5-4-8-18(20)10-11-21(27)25-19-12-14-26(15-13-19)16-17-6-2-1-3-7-17/h1-11,19,22H,12-16H2,(H,25,27)/b11-10+. The van der Waals surface area contributed by atoms with Gasteiger partial charge < -0.3 is 10.1 Å². The van der Waals surface area contributed by atoms with Crippen LogP contribution in [0.2, 0.25) is 0 Å². The third-order valence-electron chi connectivity index (χ3n) is 4.73. The third kappa shape index (κ3) is 6.16. The first-order chi connectivity index (χ1) is 13.6. The van der Waals surface area contributed by atoms with Crippen molar-refractivity contribution in [2.75, 3.05) is 13.1 Å². The first-order valence-corrected chi connectivity index (χ1v) is 9.39. The smallest absolute Gasteiger partial charge is 0.387 e. The van der Waals surface area contributed by atoms with E-state index in [0.29, 0.717) is 5.56 Å². The fourth-order valence-electron chi connectivity index (χ4n) is 3.31. The summed E-state index contributed by atoms with van der Waals surface area (Å²) in [5.41, 5.74) is 1.73. The second kappa shape index (κ2) is 9.99. The van der Waals surface area contributed by atoms with Crippen molar-refractivity contribution in [2.45, 2.75) is 32.0 Å². The monoisotopic (exact) mass is 386 g/mol. The number of nitrogens with zero attached hydrogens (tertiary/aromatic N) is 1. The SMILES string of the molecule is O=C(/C=C/c1ccccc1OC(F)F)NC1CCN(Cc2ccccc2)CC1. The Kier molecular flexibility index (Phi) is 7.14. The zero-order chi connectivity index (χ0) is 19.8. The molecule has 28 heavy (non-hydrogen) atoms. The van der Waals surface area contributed by atoms with Gasteiger partial charge in [-0.15, -0.1) is 0 Å². The van der Waals surface area contributed by atoms with Crippen LogP contribution in [0.3, 0.4) is 0 Å². The van der Waals surface area contributed by atoms with E-state index in [1.165, 1.54) is 23.8 Å². The number of nitrogens with one attached hydrogen (secondary N) is 1. The molecule has 148 valence electrons. The summed E-state index contributed by atoms with van der Waals surface area (Å²) < 4.78 is 29.4. The molecule has 4 nitrogen and oxygen atoms in total. The van der Waals surface area contributed by atoms with E-state index in [-0.39, 0.29) is 17.7 Å². The number of amides is 1. The zero-order valence-corrected chi connectivity index (χ0v) is 15.6. The normalized spacial score (nSPS) is 15.8. The minimum atomic E-state index is -2.90. The first kappa shape index (κ1) is 20.0. The maximum atomic E-state index is 12.4. The van der Waals surface area contributed by atoms with E-state index in [9.17, 15) is 13.6 Å². The molecule has 0 bridgehead atoms. The van der Waals surface area contributed by atoms with E-state index in [1.54, 1.807) is 18.2 Å². The van der Waals surface area contributed by atoms with Gasteiger partial charge in [-0.25, -0.2) is 0 Å². The first-order valence-electron chi connectivity index (χ1n) is 9.39. The number of piperidine rings is 1. The Morgan fingerprint density at radius 2 is 1.79 bits per heavy atom. The molecule has 1 N–H and O–H groups in total. The maximum absolute atomic E-state index is 12.4. The molecule has 0 atom stereocenters. The molecule has 2 aromatic rings. The van der Waals surface area contributed by atoms with Crippen molar-refractivity contribution < 1.29 is 18.3 Å². The number of ether oxygens (including phenoxy) is 1. The third-order valence-corrected chi connectivity index (χ3v) is 4.73. The van der Waals surface area contributed by atoms with Crippen LogP contribution < -0.4 is 10.1 Å². The summed E-state index contributed by atoms with van der Waals surface area (Å²) in [6.07, 6.45) is 4.64. The largest absolute Gasteiger partial charge is 0.434 e. The van der Waals surface area contributed by atoms with Gasteiger partial charge in [-0.05, 0) is 30.5 Å².